The minimum Gasteiger partial charge on any atom is -0.481 e. The summed E-state index contributed by atoms with van der Waals surface area (Å²) in [7, 11) is 1.91. The number of imidazole rings is 1. The highest BCUT2D eigenvalue weighted by atomic mass is 16.7. The van der Waals surface area contributed by atoms with Crippen LogP contribution in [0.3, 0.4) is 0 Å². The SMILES string of the molecule is CNCC(CN)CC(c1cnc[nH]1)C1NC(=O)CC1CC1C(O)C(OC2OCC(O)C(O)C2O)C(C)(CO)C2CCC3(C)C(CC=C4C5CC(C)(CO)CCC5(C(=O)O)CCC43C)C12C1CCCCC1. The van der Waals surface area contributed by atoms with Crippen molar-refractivity contribution in [1.29, 1.82) is 0 Å². The fourth-order valence-electron chi connectivity index (χ4n) is 18.1. The minimum absolute atomic E-state index is 0.00366. The Morgan fingerprint density at radius 3 is 2.37 bits per heavy atom. The van der Waals surface area contributed by atoms with Gasteiger partial charge in [0.25, 0.3) is 0 Å². The standard InChI is InChI=1S/C54H87N5O11/c1-49(27-60)15-17-53(48(67)68)18-16-51(3)34(36(53)22-49)11-12-40-52(51,4)14-13-39-50(2,28-61)46(70-47-45(66)44(65)38(62)26-69-47)43(64)35(54(39,40)32-9-7-6-8-10-32)20-31-21-41(63)59-42(31)33(37-25-57-29-58-37)19-30(23-55)24-56-5/h11,25,29-33,35-36,38-40,42-47,56,60-62,64-66H,6-10,12-24,26-28,55H2,1-5H3,(H,57,58)(H,59,63)(H,67,68). The first-order valence-electron chi connectivity index (χ1n) is 27.1. The van der Waals surface area contributed by atoms with Crippen molar-refractivity contribution in [1.82, 2.24) is 20.6 Å². The Balaban J connectivity index is 1.22. The Hall–Kier alpha value is -2.51. The molecule has 70 heavy (non-hydrogen) atoms. The van der Waals surface area contributed by atoms with Crippen LogP contribution >= 0.6 is 0 Å². The summed E-state index contributed by atoms with van der Waals surface area (Å²) in [6.45, 7) is 9.54. The van der Waals surface area contributed by atoms with E-state index in [0.717, 1.165) is 44.2 Å². The average molecular weight is 982 g/mol. The highest BCUT2D eigenvalue weighted by Crippen LogP contribution is 2.79. The first-order valence-corrected chi connectivity index (χ1v) is 27.1. The number of fused-ring (bicyclic) bond motifs is 7. The lowest BCUT2D eigenvalue weighted by molar-refractivity contribution is -0.349. The average Bonchev–Trinajstić information content (AvgIpc) is 4.03. The third-order valence-corrected chi connectivity index (χ3v) is 22.0. The topological polar surface area (TPSA) is 273 Å². The molecule has 7 fully saturated rings. The number of carbonyl (C=O) groups excluding carboxylic acids is 1. The van der Waals surface area contributed by atoms with Crippen LogP contribution < -0.4 is 16.4 Å². The number of carbonyl (C=O) groups is 2. The zero-order chi connectivity index (χ0) is 50.2. The van der Waals surface area contributed by atoms with E-state index in [1.165, 1.54) is 5.57 Å². The van der Waals surface area contributed by atoms with Crippen molar-refractivity contribution in [3.05, 3.63) is 29.9 Å². The molecule has 20 atom stereocenters. The van der Waals surface area contributed by atoms with Gasteiger partial charge in [0.05, 0.1) is 37.2 Å². The molecule has 9 rings (SSSR count). The summed E-state index contributed by atoms with van der Waals surface area (Å²) in [5, 5.41) is 87.3. The van der Waals surface area contributed by atoms with E-state index < -0.39 is 75.8 Å². The highest BCUT2D eigenvalue weighted by molar-refractivity contribution is 5.79. The fourth-order valence-corrected chi connectivity index (χ4v) is 18.1. The van der Waals surface area contributed by atoms with Crippen molar-refractivity contribution in [2.24, 2.45) is 79.6 Å². The number of rotatable bonds is 15. The number of carboxylic acids is 1. The van der Waals surface area contributed by atoms with Crippen LogP contribution in [0.15, 0.2) is 24.2 Å². The number of hydrogen-bond acceptors (Lipinski definition) is 13. The Bertz CT molecular complexity index is 2060. The van der Waals surface area contributed by atoms with Crippen molar-refractivity contribution < 1.29 is 54.8 Å². The van der Waals surface area contributed by atoms with Crippen LogP contribution in [-0.2, 0) is 19.1 Å². The van der Waals surface area contributed by atoms with E-state index in [-0.39, 0.29) is 85.0 Å². The number of nitrogens with one attached hydrogen (secondary N) is 3. The molecule has 16 nitrogen and oxygen atoms in total. The van der Waals surface area contributed by atoms with Crippen LogP contribution in [0, 0.1) is 73.9 Å². The molecule has 1 amide bonds. The number of aromatic amines is 1. The van der Waals surface area contributed by atoms with Crippen LogP contribution in [0.25, 0.3) is 0 Å². The van der Waals surface area contributed by atoms with Gasteiger partial charge in [0, 0.05) is 42.3 Å². The number of H-pyrrole nitrogens is 1. The van der Waals surface area contributed by atoms with Crippen molar-refractivity contribution in [3.8, 4) is 0 Å². The third-order valence-electron chi connectivity index (χ3n) is 22.0. The number of aliphatic hydroxyl groups is 6. The second-order valence-corrected chi connectivity index (χ2v) is 25.2. The van der Waals surface area contributed by atoms with E-state index in [4.69, 9.17) is 15.2 Å². The van der Waals surface area contributed by atoms with E-state index in [0.29, 0.717) is 70.9 Å². The van der Waals surface area contributed by atoms with Gasteiger partial charge in [-0.3, -0.25) is 9.59 Å². The molecule has 20 unspecified atom stereocenters. The lowest BCUT2D eigenvalue weighted by Crippen LogP contribution is -2.75. The molecule has 0 aromatic carbocycles. The van der Waals surface area contributed by atoms with Gasteiger partial charge < -0.3 is 66.6 Å². The molecule has 2 saturated heterocycles. The maximum Gasteiger partial charge on any atom is 0.310 e. The largest absolute Gasteiger partial charge is 0.481 e. The minimum atomic E-state index is -1.61. The van der Waals surface area contributed by atoms with Crippen LogP contribution in [-0.4, -0.2) is 140 Å². The van der Waals surface area contributed by atoms with E-state index in [9.17, 15) is 45.3 Å². The van der Waals surface area contributed by atoms with Crippen LogP contribution in [0.4, 0.5) is 0 Å². The molecule has 3 heterocycles. The fraction of sp³-hybridized carbons (Fsp3) is 0.870. The van der Waals surface area contributed by atoms with E-state index in [1.54, 1.807) is 6.33 Å². The van der Waals surface area contributed by atoms with E-state index >= 15 is 0 Å². The molecule has 394 valence electrons. The Morgan fingerprint density at radius 2 is 1.71 bits per heavy atom. The van der Waals surface area contributed by atoms with Gasteiger partial charge in [0.15, 0.2) is 6.29 Å². The quantitative estimate of drug-likeness (QED) is 0.0877. The maximum atomic E-state index is 14.1. The molecule has 1 aromatic rings. The van der Waals surface area contributed by atoms with Gasteiger partial charge in [0.1, 0.15) is 18.3 Å². The molecule has 1 aromatic heterocycles. The van der Waals surface area contributed by atoms with Crippen molar-refractivity contribution >= 4 is 11.9 Å². The van der Waals surface area contributed by atoms with Gasteiger partial charge in [-0.1, -0.05) is 58.6 Å². The zero-order valence-electron chi connectivity index (χ0n) is 42.5. The molecule has 0 spiro atoms. The number of nitrogens with zero attached hydrogens (tertiary/aromatic N) is 1. The van der Waals surface area contributed by atoms with Crippen LogP contribution in [0.5, 0.6) is 0 Å². The number of hydrogen-bond donors (Lipinski definition) is 11. The van der Waals surface area contributed by atoms with Gasteiger partial charge in [-0.2, -0.15) is 0 Å². The van der Waals surface area contributed by atoms with Gasteiger partial charge in [-0.05, 0) is 160 Å². The van der Waals surface area contributed by atoms with Crippen LogP contribution in [0.2, 0.25) is 0 Å². The van der Waals surface area contributed by atoms with Crippen molar-refractivity contribution in [3.63, 3.8) is 0 Å². The number of aliphatic hydroxyl groups excluding tert-OH is 6. The Kier molecular flexibility index (Phi) is 14.7. The molecular weight excluding hydrogens is 895 g/mol. The summed E-state index contributed by atoms with van der Waals surface area (Å²) in [6, 6.07) is -0.321. The van der Waals surface area contributed by atoms with Gasteiger partial charge in [-0.15, -0.1) is 0 Å². The summed E-state index contributed by atoms with van der Waals surface area (Å²) in [6.07, 6.45) is 9.51. The number of carboxylic acid groups (broad SMARTS) is 1. The zero-order valence-corrected chi connectivity index (χ0v) is 42.5. The number of aliphatic carboxylic acids is 1. The summed E-state index contributed by atoms with van der Waals surface area (Å²) >= 11 is 0. The number of allylic oxidation sites excluding steroid dienone is 2. The summed E-state index contributed by atoms with van der Waals surface area (Å²) in [4.78, 5) is 35.5. The molecule has 2 aliphatic heterocycles. The molecule has 5 saturated carbocycles. The number of nitrogens with two attached hydrogens (primary N) is 1. The number of amides is 1. The summed E-state index contributed by atoms with van der Waals surface area (Å²) in [5.74, 6) is -1.84. The summed E-state index contributed by atoms with van der Waals surface area (Å²) in [5.41, 5.74) is 4.81. The van der Waals surface area contributed by atoms with Gasteiger partial charge in [0.2, 0.25) is 5.91 Å². The monoisotopic (exact) mass is 982 g/mol. The predicted molar refractivity (Wildman–Crippen MR) is 260 cm³/mol. The lowest BCUT2D eigenvalue weighted by Gasteiger charge is -2.76. The molecule has 16 heteroatoms. The van der Waals surface area contributed by atoms with E-state index in [1.807, 2.05) is 20.2 Å². The van der Waals surface area contributed by atoms with Crippen molar-refractivity contribution in [2.75, 3.05) is 40.0 Å². The maximum absolute atomic E-state index is 14.1. The number of aromatic nitrogens is 2. The molecule has 12 N–H and O–H groups in total. The first kappa shape index (κ1) is 52.4. The molecule has 6 aliphatic carbocycles. The van der Waals surface area contributed by atoms with Gasteiger partial charge in [-0.25, -0.2) is 4.98 Å². The van der Waals surface area contributed by atoms with Gasteiger partial charge >= 0.3 is 5.97 Å². The lowest BCUT2D eigenvalue weighted by atomic mass is 9.29. The summed E-state index contributed by atoms with van der Waals surface area (Å²) < 4.78 is 12.8. The predicted octanol–water partition coefficient (Wildman–Crippen LogP) is 3.99. The second-order valence-electron chi connectivity index (χ2n) is 25.2. The highest BCUT2D eigenvalue weighted by Gasteiger charge is 2.76. The molecule has 8 aliphatic rings. The van der Waals surface area contributed by atoms with Crippen molar-refractivity contribution in [2.45, 2.75) is 179 Å². The Labute approximate surface area is 414 Å². The second kappa shape index (κ2) is 19.6. The number of ether oxygens (including phenoxy) is 2. The molecular formula is C54H87N5O11. The van der Waals surface area contributed by atoms with Crippen LogP contribution in [0.1, 0.15) is 142 Å². The Morgan fingerprint density at radius 1 is 0.971 bits per heavy atom. The van der Waals surface area contributed by atoms with E-state index in [2.05, 4.69) is 47.4 Å². The normalized spacial score (nSPS) is 47.2. The first-order chi connectivity index (χ1) is 33.3. The molecule has 0 bridgehead atoms. The third kappa shape index (κ3) is 8.09. The smallest absolute Gasteiger partial charge is 0.310 e. The molecule has 0 radical (unpaired) electrons.